The first kappa shape index (κ1) is 11.2. The largest absolute Gasteiger partial charge is 0.382 e. The molecular formula is C12H15N5. The molecule has 2 rings (SSSR count). The fraction of sp³-hybridized carbons (Fsp3) is 0.167. The Hall–Kier alpha value is -2.30. The summed E-state index contributed by atoms with van der Waals surface area (Å²) >= 11 is 0. The maximum atomic E-state index is 7.30. The van der Waals surface area contributed by atoms with Crippen LogP contribution in [0.25, 0.3) is 11.1 Å². The van der Waals surface area contributed by atoms with E-state index in [0.29, 0.717) is 11.5 Å². The second-order valence-electron chi connectivity index (χ2n) is 3.98. The zero-order chi connectivity index (χ0) is 12.4. The molecule has 1 aromatic carbocycles. The van der Waals surface area contributed by atoms with Crippen molar-refractivity contribution in [3.8, 4) is 11.1 Å². The Kier molecular flexibility index (Phi) is 2.82. The minimum absolute atomic E-state index is 0.418. The molecule has 1 heterocycles. The van der Waals surface area contributed by atoms with Crippen LogP contribution < -0.4 is 10.6 Å². The zero-order valence-electron chi connectivity index (χ0n) is 9.86. The van der Waals surface area contributed by atoms with Crippen LogP contribution in [0.3, 0.4) is 0 Å². The molecule has 0 aliphatic carbocycles. The van der Waals surface area contributed by atoms with Gasteiger partial charge in [0.2, 0.25) is 0 Å². The van der Waals surface area contributed by atoms with Gasteiger partial charge in [-0.1, -0.05) is 12.1 Å². The number of hydrogen-bond acceptors (Lipinski definition) is 4. The van der Waals surface area contributed by atoms with Crippen molar-refractivity contribution in [1.82, 2.24) is 10.2 Å². The van der Waals surface area contributed by atoms with Gasteiger partial charge in [-0.05, 0) is 17.7 Å². The van der Waals surface area contributed by atoms with E-state index in [1.807, 2.05) is 43.3 Å². The van der Waals surface area contributed by atoms with Crippen LogP contribution in [-0.4, -0.2) is 30.5 Å². The summed E-state index contributed by atoms with van der Waals surface area (Å²) < 4.78 is 0. The third kappa shape index (κ3) is 1.99. The number of nitrogen functional groups attached to an aromatic ring is 1. The number of anilines is 2. The maximum Gasteiger partial charge on any atom is 0.153 e. The molecule has 0 amide bonds. The molecule has 0 aliphatic heterocycles. The number of hydrogen-bond donors (Lipinski definition) is 3. The monoisotopic (exact) mass is 229 g/mol. The Bertz CT molecular complexity index is 524. The van der Waals surface area contributed by atoms with Gasteiger partial charge in [0, 0.05) is 26.0 Å². The zero-order valence-corrected chi connectivity index (χ0v) is 9.86. The quantitative estimate of drug-likeness (QED) is 0.701. The van der Waals surface area contributed by atoms with Crippen LogP contribution in [0.1, 0.15) is 5.69 Å². The molecule has 88 valence electrons. The number of aromatic amines is 1. The smallest absolute Gasteiger partial charge is 0.153 e. The van der Waals surface area contributed by atoms with Gasteiger partial charge in [0.25, 0.3) is 0 Å². The summed E-state index contributed by atoms with van der Waals surface area (Å²) in [4.78, 5) is 2.03. The van der Waals surface area contributed by atoms with Gasteiger partial charge < -0.3 is 16.0 Å². The molecule has 17 heavy (non-hydrogen) atoms. The van der Waals surface area contributed by atoms with E-state index in [2.05, 4.69) is 10.2 Å². The van der Waals surface area contributed by atoms with Gasteiger partial charge in [-0.2, -0.15) is 5.10 Å². The van der Waals surface area contributed by atoms with Gasteiger partial charge in [-0.25, -0.2) is 0 Å². The second-order valence-corrected chi connectivity index (χ2v) is 3.98. The summed E-state index contributed by atoms with van der Waals surface area (Å²) in [6, 6.07) is 7.97. The SMILES string of the molecule is CN(C)c1ccc(-c2c(N)n[nH]c2C=N)cc1. The number of H-pyrrole nitrogens is 1. The molecule has 5 nitrogen and oxygen atoms in total. The number of nitrogens with two attached hydrogens (primary N) is 1. The number of nitrogens with zero attached hydrogens (tertiary/aromatic N) is 2. The third-order valence-electron chi connectivity index (χ3n) is 2.64. The lowest BCUT2D eigenvalue weighted by atomic mass is 10.1. The molecule has 0 radical (unpaired) electrons. The Morgan fingerprint density at radius 2 is 1.94 bits per heavy atom. The van der Waals surface area contributed by atoms with Crippen LogP contribution in [0.4, 0.5) is 11.5 Å². The normalized spacial score (nSPS) is 10.2. The standard InChI is InChI=1S/C12H15N5/c1-17(2)9-5-3-8(4-6-9)11-10(7-13)15-16-12(11)14/h3-7,13H,1-2H3,(H3,14,15,16). The van der Waals surface area contributed by atoms with Crippen LogP contribution >= 0.6 is 0 Å². The molecule has 0 atom stereocenters. The summed E-state index contributed by atoms with van der Waals surface area (Å²) in [5.41, 5.74) is 9.27. The Morgan fingerprint density at radius 3 is 2.47 bits per heavy atom. The summed E-state index contributed by atoms with van der Waals surface area (Å²) in [6.45, 7) is 0. The highest BCUT2D eigenvalue weighted by molar-refractivity contribution is 5.91. The van der Waals surface area contributed by atoms with Crippen LogP contribution in [0, 0.1) is 5.41 Å². The predicted octanol–water partition coefficient (Wildman–Crippen LogP) is 1.72. The van der Waals surface area contributed by atoms with Crippen molar-refractivity contribution in [3.05, 3.63) is 30.0 Å². The van der Waals surface area contributed by atoms with Crippen molar-refractivity contribution < 1.29 is 0 Å². The van der Waals surface area contributed by atoms with Crippen LogP contribution in [0.2, 0.25) is 0 Å². The van der Waals surface area contributed by atoms with Gasteiger partial charge in [0.1, 0.15) is 0 Å². The fourth-order valence-corrected chi connectivity index (χ4v) is 1.70. The highest BCUT2D eigenvalue weighted by Gasteiger charge is 2.11. The Labute approximate surface area is 99.8 Å². The van der Waals surface area contributed by atoms with Crippen LogP contribution in [-0.2, 0) is 0 Å². The van der Waals surface area contributed by atoms with E-state index >= 15 is 0 Å². The minimum atomic E-state index is 0.418. The van der Waals surface area contributed by atoms with E-state index in [0.717, 1.165) is 16.8 Å². The predicted molar refractivity (Wildman–Crippen MR) is 70.6 cm³/mol. The molecule has 0 unspecified atom stereocenters. The average Bonchev–Trinajstić information content (AvgIpc) is 2.70. The van der Waals surface area contributed by atoms with Gasteiger partial charge in [0.05, 0.1) is 11.3 Å². The first-order valence-corrected chi connectivity index (χ1v) is 5.25. The topological polar surface area (TPSA) is 81.8 Å². The van der Waals surface area contributed by atoms with Gasteiger partial charge in [-0.3, -0.25) is 5.10 Å². The van der Waals surface area contributed by atoms with Crippen LogP contribution in [0.5, 0.6) is 0 Å². The molecule has 2 aromatic rings. The first-order chi connectivity index (χ1) is 8.13. The number of aromatic nitrogens is 2. The van der Waals surface area contributed by atoms with Crippen molar-refractivity contribution in [2.75, 3.05) is 24.7 Å². The lowest BCUT2D eigenvalue weighted by Crippen LogP contribution is -2.07. The van der Waals surface area contributed by atoms with E-state index in [1.54, 1.807) is 0 Å². The van der Waals surface area contributed by atoms with Crippen molar-refractivity contribution in [2.45, 2.75) is 0 Å². The van der Waals surface area contributed by atoms with Gasteiger partial charge >= 0.3 is 0 Å². The highest BCUT2D eigenvalue weighted by atomic mass is 15.2. The molecule has 5 heteroatoms. The van der Waals surface area contributed by atoms with E-state index < -0.39 is 0 Å². The lowest BCUT2D eigenvalue weighted by molar-refractivity contribution is 1.09. The minimum Gasteiger partial charge on any atom is -0.382 e. The van der Waals surface area contributed by atoms with Crippen molar-refractivity contribution in [2.24, 2.45) is 0 Å². The summed E-state index contributed by atoms with van der Waals surface area (Å²) in [5.74, 6) is 0.418. The Morgan fingerprint density at radius 1 is 1.29 bits per heavy atom. The van der Waals surface area contributed by atoms with E-state index in [9.17, 15) is 0 Å². The van der Waals surface area contributed by atoms with Gasteiger partial charge in [0.15, 0.2) is 5.82 Å². The number of rotatable bonds is 3. The molecule has 0 aliphatic rings. The van der Waals surface area contributed by atoms with Crippen molar-refractivity contribution in [3.63, 3.8) is 0 Å². The average molecular weight is 229 g/mol. The third-order valence-corrected chi connectivity index (χ3v) is 2.64. The van der Waals surface area contributed by atoms with Crippen LogP contribution in [0.15, 0.2) is 24.3 Å². The number of benzene rings is 1. The molecule has 0 saturated carbocycles. The Balaban J connectivity index is 2.46. The maximum absolute atomic E-state index is 7.30. The van der Waals surface area contributed by atoms with E-state index in [-0.39, 0.29) is 0 Å². The molecule has 0 spiro atoms. The summed E-state index contributed by atoms with van der Waals surface area (Å²) in [6.07, 6.45) is 1.22. The second kappa shape index (κ2) is 4.29. The van der Waals surface area contributed by atoms with Crippen molar-refractivity contribution >= 4 is 17.7 Å². The summed E-state index contributed by atoms with van der Waals surface area (Å²) in [5, 5.41) is 13.9. The lowest BCUT2D eigenvalue weighted by Gasteiger charge is -2.12. The van der Waals surface area contributed by atoms with E-state index in [1.165, 1.54) is 6.21 Å². The molecule has 0 saturated heterocycles. The molecule has 0 bridgehead atoms. The molecule has 1 aromatic heterocycles. The first-order valence-electron chi connectivity index (χ1n) is 5.25. The summed E-state index contributed by atoms with van der Waals surface area (Å²) in [7, 11) is 3.98. The molecule has 4 N–H and O–H groups in total. The molecule has 0 fully saturated rings. The number of nitrogens with one attached hydrogen (secondary N) is 2. The van der Waals surface area contributed by atoms with Gasteiger partial charge in [-0.15, -0.1) is 0 Å². The molecular weight excluding hydrogens is 214 g/mol. The van der Waals surface area contributed by atoms with E-state index in [4.69, 9.17) is 11.1 Å². The van der Waals surface area contributed by atoms with Crippen molar-refractivity contribution in [1.29, 1.82) is 5.41 Å². The highest BCUT2D eigenvalue weighted by Crippen LogP contribution is 2.28. The fourth-order valence-electron chi connectivity index (χ4n) is 1.70.